The molecule has 2 heterocycles. The Kier molecular flexibility index (Phi) is 3.23. The highest BCUT2D eigenvalue weighted by Crippen LogP contribution is 2.27. The Bertz CT molecular complexity index is 769. The largest absolute Gasteiger partial charge is 0.396 e. The average Bonchev–Trinajstić information content (AvgIpc) is 2.81. The Balaban J connectivity index is 2.10. The van der Waals surface area contributed by atoms with E-state index in [2.05, 4.69) is 26.0 Å². The Hall–Kier alpha value is -2.21. The fourth-order valence-electron chi connectivity index (χ4n) is 1.91. The summed E-state index contributed by atoms with van der Waals surface area (Å²) in [4.78, 5) is 3.81. The van der Waals surface area contributed by atoms with Crippen molar-refractivity contribution in [1.29, 1.82) is 0 Å². The summed E-state index contributed by atoms with van der Waals surface area (Å²) in [5, 5.41) is 4.41. The molecule has 0 fully saturated rings. The van der Waals surface area contributed by atoms with Gasteiger partial charge in [-0.25, -0.2) is 9.07 Å². The van der Waals surface area contributed by atoms with Crippen molar-refractivity contribution in [2.75, 3.05) is 5.73 Å². The molecule has 0 aliphatic heterocycles. The lowest BCUT2D eigenvalue weighted by molar-refractivity contribution is 0.622. The minimum Gasteiger partial charge on any atom is -0.396 e. The first-order chi connectivity index (χ1) is 9.65. The van der Waals surface area contributed by atoms with Crippen LogP contribution < -0.4 is 5.73 Å². The third-order valence-corrected chi connectivity index (χ3v) is 3.49. The van der Waals surface area contributed by atoms with Crippen LogP contribution in [0.4, 0.5) is 10.1 Å². The predicted octanol–water partition coefficient (Wildman–Crippen LogP) is 3.42. The van der Waals surface area contributed by atoms with Gasteiger partial charge in [0.05, 0.1) is 23.8 Å². The number of benzene rings is 1. The SMILES string of the molecule is Nc1cn(-c2ccccc2Br)nc1-c1cncc(F)c1. The van der Waals surface area contributed by atoms with Gasteiger partial charge in [-0.3, -0.25) is 4.98 Å². The van der Waals surface area contributed by atoms with Crippen LogP contribution in [0.2, 0.25) is 0 Å². The third kappa shape index (κ3) is 2.30. The predicted molar refractivity (Wildman–Crippen MR) is 78.9 cm³/mol. The van der Waals surface area contributed by atoms with Crippen LogP contribution in [0, 0.1) is 5.82 Å². The summed E-state index contributed by atoms with van der Waals surface area (Å²) < 4.78 is 15.8. The molecule has 0 saturated heterocycles. The molecule has 0 saturated carbocycles. The van der Waals surface area contributed by atoms with Crippen LogP contribution in [0.15, 0.2) is 53.4 Å². The number of hydrogen-bond acceptors (Lipinski definition) is 3. The topological polar surface area (TPSA) is 56.7 Å². The Morgan fingerprint density at radius 3 is 2.75 bits per heavy atom. The lowest BCUT2D eigenvalue weighted by Gasteiger charge is -2.03. The first-order valence-corrected chi connectivity index (χ1v) is 6.65. The molecule has 3 rings (SSSR count). The molecule has 100 valence electrons. The van der Waals surface area contributed by atoms with E-state index in [0.29, 0.717) is 16.9 Å². The molecule has 0 amide bonds. The number of aromatic nitrogens is 3. The van der Waals surface area contributed by atoms with Gasteiger partial charge >= 0.3 is 0 Å². The highest BCUT2D eigenvalue weighted by atomic mass is 79.9. The van der Waals surface area contributed by atoms with E-state index < -0.39 is 5.82 Å². The number of nitrogens with two attached hydrogens (primary N) is 1. The van der Waals surface area contributed by atoms with E-state index in [1.165, 1.54) is 12.3 Å². The van der Waals surface area contributed by atoms with Crippen LogP contribution in [0.3, 0.4) is 0 Å². The van der Waals surface area contributed by atoms with Gasteiger partial charge < -0.3 is 5.73 Å². The average molecular weight is 333 g/mol. The number of nitrogens with zero attached hydrogens (tertiary/aromatic N) is 3. The van der Waals surface area contributed by atoms with Gasteiger partial charge in [-0.05, 0) is 34.1 Å². The number of anilines is 1. The molecule has 2 aromatic heterocycles. The summed E-state index contributed by atoms with van der Waals surface area (Å²) in [6.45, 7) is 0. The zero-order valence-corrected chi connectivity index (χ0v) is 11.9. The first-order valence-electron chi connectivity index (χ1n) is 5.86. The summed E-state index contributed by atoms with van der Waals surface area (Å²) in [7, 11) is 0. The zero-order chi connectivity index (χ0) is 14.1. The van der Waals surface area contributed by atoms with Gasteiger partial charge in [-0.1, -0.05) is 12.1 Å². The van der Waals surface area contributed by atoms with E-state index >= 15 is 0 Å². The zero-order valence-electron chi connectivity index (χ0n) is 10.3. The molecule has 0 unspecified atom stereocenters. The molecule has 2 N–H and O–H groups in total. The lowest BCUT2D eigenvalue weighted by atomic mass is 10.2. The maximum Gasteiger partial charge on any atom is 0.142 e. The summed E-state index contributed by atoms with van der Waals surface area (Å²) >= 11 is 3.46. The Morgan fingerprint density at radius 2 is 2.00 bits per heavy atom. The van der Waals surface area contributed by atoms with Gasteiger partial charge in [0, 0.05) is 16.2 Å². The molecule has 0 bridgehead atoms. The lowest BCUT2D eigenvalue weighted by Crippen LogP contribution is -1.96. The number of halogens is 2. The summed E-state index contributed by atoms with van der Waals surface area (Å²) in [6.07, 6.45) is 4.37. The fourth-order valence-corrected chi connectivity index (χ4v) is 2.38. The maximum absolute atomic E-state index is 13.2. The van der Waals surface area contributed by atoms with Crippen LogP contribution in [-0.2, 0) is 0 Å². The van der Waals surface area contributed by atoms with Gasteiger partial charge in [-0.2, -0.15) is 5.10 Å². The number of nitrogen functional groups attached to an aromatic ring is 1. The van der Waals surface area contributed by atoms with E-state index in [1.54, 1.807) is 10.9 Å². The quantitative estimate of drug-likeness (QED) is 0.782. The van der Waals surface area contributed by atoms with Crippen molar-refractivity contribution in [3.63, 3.8) is 0 Å². The monoisotopic (exact) mass is 332 g/mol. The standard InChI is InChI=1S/C14H10BrFN4/c15-11-3-1-2-4-13(11)20-8-12(17)14(19-20)9-5-10(16)7-18-6-9/h1-8H,17H2. The van der Waals surface area contributed by atoms with Crippen molar-refractivity contribution >= 4 is 21.6 Å². The van der Waals surface area contributed by atoms with E-state index in [-0.39, 0.29) is 0 Å². The smallest absolute Gasteiger partial charge is 0.142 e. The molecule has 20 heavy (non-hydrogen) atoms. The van der Waals surface area contributed by atoms with E-state index in [9.17, 15) is 4.39 Å². The Labute approximate surface area is 123 Å². The van der Waals surface area contributed by atoms with Crippen LogP contribution in [-0.4, -0.2) is 14.8 Å². The molecule has 0 atom stereocenters. The Morgan fingerprint density at radius 1 is 1.20 bits per heavy atom. The van der Waals surface area contributed by atoms with Crippen LogP contribution in [0.1, 0.15) is 0 Å². The van der Waals surface area contributed by atoms with E-state index in [4.69, 9.17) is 5.73 Å². The number of pyridine rings is 1. The molecular formula is C14H10BrFN4. The minimum atomic E-state index is -0.419. The number of rotatable bonds is 2. The minimum absolute atomic E-state index is 0.419. The van der Waals surface area contributed by atoms with Gasteiger partial charge in [0.2, 0.25) is 0 Å². The van der Waals surface area contributed by atoms with Gasteiger partial charge in [0.1, 0.15) is 11.5 Å². The molecule has 4 nitrogen and oxygen atoms in total. The van der Waals surface area contributed by atoms with Crippen molar-refractivity contribution in [3.8, 4) is 16.9 Å². The molecule has 3 aromatic rings. The molecule has 0 radical (unpaired) electrons. The first kappa shape index (κ1) is 12.8. The van der Waals surface area contributed by atoms with E-state index in [0.717, 1.165) is 16.4 Å². The van der Waals surface area contributed by atoms with Crippen molar-refractivity contribution in [1.82, 2.24) is 14.8 Å². The van der Waals surface area contributed by atoms with Gasteiger partial charge in [-0.15, -0.1) is 0 Å². The maximum atomic E-state index is 13.2. The molecular weight excluding hydrogens is 323 g/mol. The van der Waals surface area contributed by atoms with Gasteiger partial charge in [0.25, 0.3) is 0 Å². The second-order valence-corrected chi connectivity index (χ2v) is 5.08. The molecule has 6 heteroatoms. The van der Waals surface area contributed by atoms with Crippen LogP contribution in [0.5, 0.6) is 0 Å². The summed E-state index contributed by atoms with van der Waals surface area (Å²) in [5.74, 6) is -0.419. The summed E-state index contributed by atoms with van der Waals surface area (Å²) in [6, 6.07) is 9.00. The second-order valence-electron chi connectivity index (χ2n) is 4.22. The van der Waals surface area contributed by atoms with E-state index in [1.807, 2.05) is 24.3 Å². The molecule has 0 spiro atoms. The molecule has 0 aliphatic rings. The van der Waals surface area contributed by atoms with Crippen molar-refractivity contribution < 1.29 is 4.39 Å². The molecule has 1 aromatic carbocycles. The highest BCUT2D eigenvalue weighted by Gasteiger charge is 2.12. The van der Waals surface area contributed by atoms with Crippen molar-refractivity contribution in [3.05, 3.63) is 59.2 Å². The number of hydrogen-bond donors (Lipinski definition) is 1. The van der Waals surface area contributed by atoms with Gasteiger partial charge in [0.15, 0.2) is 0 Å². The summed E-state index contributed by atoms with van der Waals surface area (Å²) in [5.41, 5.74) is 8.34. The second kappa shape index (κ2) is 5.05. The molecule has 0 aliphatic carbocycles. The van der Waals surface area contributed by atoms with Crippen molar-refractivity contribution in [2.45, 2.75) is 0 Å². The number of para-hydroxylation sites is 1. The van der Waals surface area contributed by atoms with Crippen LogP contribution >= 0.6 is 15.9 Å². The fraction of sp³-hybridized carbons (Fsp3) is 0. The van der Waals surface area contributed by atoms with Crippen molar-refractivity contribution in [2.24, 2.45) is 0 Å². The normalized spacial score (nSPS) is 10.7. The third-order valence-electron chi connectivity index (χ3n) is 2.82. The highest BCUT2D eigenvalue weighted by molar-refractivity contribution is 9.10. The van der Waals surface area contributed by atoms with Crippen LogP contribution in [0.25, 0.3) is 16.9 Å².